The predicted molar refractivity (Wildman–Crippen MR) is 51.6 cm³/mol. The van der Waals surface area contributed by atoms with Gasteiger partial charge in [0.05, 0.1) is 10.4 Å². The fraction of sp³-hybridized carbons (Fsp3) is 0. The van der Waals surface area contributed by atoms with Crippen molar-refractivity contribution in [1.29, 1.82) is 0 Å². The maximum absolute atomic E-state index is 10.8. The summed E-state index contributed by atoms with van der Waals surface area (Å²) in [6, 6.07) is 7.86. The average molecular weight is 209 g/mol. The first-order valence-corrected chi connectivity index (χ1v) is 5.34. The minimum absolute atomic E-state index is 0.135. The van der Waals surface area contributed by atoms with Gasteiger partial charge < -0.3 is 0 Å². The van der Waals surface area contributed by atoms with E-state index in [9.17, 15) is 8.42 Å². The molecule has 0 amide bonds. The molecule has 4 nitrogen and oxygen atoms in total. The quantitative estimate of drug-likeness (QED) is 0.722. The first-order chi connectivity index (χ1) is 6.57. The Morgan fingerprint density at radius 2 is 2.00 bits per heavy atom. The summed E-state index contributed by atoms with van der Waals surface area (Å²) in [7, 11) is -4.13. The van der Waals surface area contributed by atoms with Crippen LogP contribution in [0.5, 0.6) is 0 Å². The topological polar surface area (TPSA) is 67.3 Å². The second kappa shape index (κ2) is 3.04. The maximum atomic E-state index is 10.8. The average Bonchev–Trinajstić information content (AvgIpc) is 2.16. The van der Waals surface area contributed by atoms with E-state index in [-0.39, 0.29) is 4.90 Å². The van der Waals surface area contributed by atoms with Crippen LogP contribution < -0.4 is 0 Å². The second-order valence-electron chi connectivity index (χ2n) is 2.83. The lowest BCUT2D eigenvalue weighted by atomic mass is 10.2. The molecule has 14 heavy (non-hydrogen) atoms. The van der Waals surface area contributed by atoms with Crippen molar-refractivity contribution in [2.45, 2.75) is 4.90 Å². The van der Waals surface area contributed by atoms with Crippen LogP contribution >= 0.6 is 0 Å². The Hall–Kier alpha value is -1.46. The third kappa shape index (κ3) is 1.59. The number of benzene rings is 1. The van der Waals surface area contributed by atoms with Gasteiger partial charge >= 0.3 is 0 Å². The number of hydrogen-bond acceptors (Lipinski definition) is 3. The third-order valence-corrected chi connectivity index (χ3v) is 2.72. The lowest BCUT2D eigenvalue weighted by Gasteiger charge is -1.99. The number of rotatable bonds is 1. The Balaban J connectivity index is 2.75. The van der Waals surface area contributed by atoms with Gasteiger partial charge in [0.2, 0.25) is 0 Å². The Labute approximate surface area is 81.0 Å². The molecule has 1 N–H and O–H groups in total. The van der Waals surface area contributed by atoms with E-state index in [0.29, 0.717) is 5.52 Å². The van der Waals surface area contributed by atoms with Gasteiger partial charge in [-0.3, -0.25) is 9.54 Å². The van der Waals surface area contributed by atoms with Crippen molar-refractivity contribution >= 4 is 21.0 Å². The molecule has 0 aliphatic carbocycles. The number of hydrogen-bond donors (Lipinski definition) is 1. The van der Waals surface area contributed by atoms with E-state index in [1.54, 1.807) is 18.3 Å². The van der Waals surface area contributed by atoms with E-state index in [1.807, 2.05) is 6.07 Å². The molecule has 0 saturated carbocycles. The number of fused-ring (bicyclic) bond motifs is 1. The molecule has 0 spiro atoms. The fourth-order valence-electron chi connectivity index (χ4n) is 1.21. The van der Waals surface area contributed by atoms with Gasteiger partial charge in [0.15, 0.2) is 0 Å². The SMILES string of the molecule is O=S(=O)(O)c1ccc2cccnc2c1. The zero-order valence-corrected chi connectivity index (χ0v) is 7.90. The van der Waals surface area contributed by atoms with Crippen LogP contribution in [0.25, 0.3) is 10.9 Å². The van der Waals surface area contributed by atoms with Crippen LogP contribution in [0.1, 0.15) is 0 Å². The highest BCUT2D eigenvalue weighted by Crippen LogP contribution is 2.16. The van der Waals surface area contributed by atoms with E-state index in [1.165, 1.54) is 12.1 Å². The van der Waals surface area contributed by atoms with Crippen molar-refractivity contribution in [3.63, 3.8) is 0 Å². The molecule has 1 aromatic heterocycles. The van der Waals surface area contributed by atoms with Crippen molar-refractivity contribution in [2.75, 3.05) is 0 Å². The van der Waals surface area contributed by atoms with Crippen LogP contribution in [-0.4, -0.2) is 18.0 Å². The monoisotopic (exact) mass is 209 g/mol. The van der Waals surface area contributed by atoms with Gasteiger partial charge in [0.25, 0.3) is 10.1 Å². The molecule has 0 unspecified atom stereocenters. The highest BCUT2D eigenvalue weighted by molar-refractivity contribution is 7.85. The highest BCUT2D eigenvalue weighted by atomic mass is 32.2. The molecule has 72 valence electrons. The highest BCUT2D eigenvalue weighted by Gasteiger charge is 2.09. The molecule has 2 aromatic rings. The maximum Gasteiger partial charge on any atom is 0.294 e. The van der Waals surface area contributed by atoms with Crippen molar-refractivity contribution < 1.29 is 13.0 Å². The molecule has 0 fully saturated rings. The normalized spacial score (nSPS) is 11.8. The van der Waals surface area contributed by atoms with Crippen LogP contribution in [0.2, 0.25) is 0 Å². The summed E-state index contributed by atoms with van der Waals surface area (Å²) < 4.78 is 30.4. The van der Waals surface area contributed by atoms with E-state index in [2.05, 4.69) is 4.98 Å². The number of nitrogens with zero attached hydrogens (tertiary/aromatic N) is 1. The summed E-state index contributed by atoms with van der Waals surface area (Å²) in [6.07, 6.45) is 1.57. The molecule has 0 saturated heterocycles. The summed E-state index contributed by atoms with van der Waals surface area (Å²) in [5.41, 5.74) is 0.544. The van der Waals surface area contributed by atoms with Gasteiger partial charge in [0.1, 0.15) is 0 Å². The van der Waals surface area contributed by atoms with Crippen LogP contribution in [0.4, 0.5) is 0 Å². The Kier molecular flexibility index (Phi) is 1.98. The number of pyridine rings is 1. The van der Waals surface area contributed by atoms with Crippen molar-refractivity contribution in [2.24, 2.45) is 0 Å². The summed E-state index contributed by atoms with van der Waals surface area (Å²) in [5.74, 6) is 0. The summed E-state index contributed by atoms with van der Waals surface area (Å²) in [6.45, 7) is 0. The zero-order valence-electron chi connectivity index (χ0n) is 7.08. The lowest BCUT2D eigenvalue weighted by Crippen LogP contribution is -1.97. The van der Waals surface area contributed by atoms with Gasteiger partial charge in [-0.05, 0) is 18.2 Å². The minimum Gasteiger partial charge on any atom is -0.282 e. The first-order valence-electron chi connectivity index (χ1n) is 3.90. The summed E-state index contributed by atoms with van der Waals surface area (Å²) in [5, 5.41) is 0.833. The molecular formula is C9H7NO3S. The summed E-state index contributed by atoms with van der Waals surface area (Å²) >= 11 is 0. The van der Waals surface area contributed by atoms with Gasteiger partial charge in [-0.2, -0.15) is 8.42 Å². The zero-order chi connectivity index (χ0) is 10.2. The Morgan fingerprint density at radius 1 is 1.21 bits per heavy atom. The second-order valence-corrected chi connectivity index (χ2v) is 4.25. The summed E-state index contributed by atoms with van der Waals surface area (Å²) in [4.78, 5) is 3.84. The van der Waals surface area contributed by atoms with Gasteiger partial charge in [-0.25, -0.2) is 0 Å². The predicted octanol–water partition coefficient (Wildman–Crippen LogP) is 1.48. The van der Waals surface area contributed by atoms with Crippen LogP contribution in [0.3, 0.4) is 0 Å². The molecule has 0 radical (unpaired) electrons. The van der Waals surface area contributed by atoms with E-state index in [0.717, 1.165) is 5.39 Å². The van der Waals surface area contributed by atoms with Crippen LogP contribution in [0, 0.1) is 0 Å². The lowest BCUT2D eigenvalue weighted by molar-refractivity contribution is 0.483. The third-order valence-electron chi connectivity index (χ3n) is 1.88. The minimum atomic E-state index is -4.13. The Bertz CT molecular complexity index is 577. The molecule has 2 rings (SSSR count). The Morgan fingerprint density at radius 3 is 2.71 bits per heavy atom. The molecule has 1 aromatic carbocycles. The van der Waals surface area contributed by atoms with Crippen molar-refractivity contribution in [3.8, 4) is 0 Å². The molecule has 0 aliphatic rings. The molecule has 5 heteroatoms. The van der Waals surface area contributed by atoms with E-state index >= 15 is 0 Å². The van der Waals surface area contributed by atoms with Crippen molar-refractivity contribution in [1.82, 2.24) is 4.98 Å². The van der Waals surface area contributed by atoms with Crippen LogP contribution in [0.15, 0.2) is 41.4 Å². The molecule has 0 aliphatic heterocycles. The first kappa shape index (κ1) is 9.11. The largest absolute Gasteiger partial charge is 0.294 e. The molecule has 0 atom stereocenters. The standard InChI is InChI=1S/C9H7NO3S/c11-14(12,13)8-4-3-7-2-1-5-10-9(7)6-8/h1-6H,(H,11,12,13). The molecule has 0 bridgehead atoms. The molecule has 1 heterocycles. The van der Waals surface area contributed by atoms with Gasteiger partial charge in [-0.15, -0.1) is 0 Å². The fourth-order valence-corrected chi connectivity index (χ4v) is 1.71. The number of aromatic nitrogens is 1. The van der Waals surface area contributed by atoms with Crippen molar-refractivity contribution in [3.05, 3.63) is 36.5 Å². The smallest absolute Gasteiger partial charge is 0.282 e. The van der Waals surface area contributed by atoms with Gasteiger partial charge in [0, 0.05) is 11.6 Å². The van der Waals surface area contributed by atoms with Gasteiger partial charge in [-0.1, -0.05) is 12.1 Å². The van der Waals surface area contributed by atoms with Crippen LogP contribution in [-0.2, 0) is 10.1 Å². The van der Waals surface area contributed by atoms with E-state index in [4.69, 9.17) is 4.55 Å². The molecular weight excluding hydrogens is 202 g/mol. The van der Waals surface area contributed by atoms with E-state index < -0.39 is 10.1 Å².